The van der Waals surface area contributed by atoms with Crippen LogP contribution in [0.1, 0.15) is 22.7 Å². The van der Waals surface area contributed by atoms with Gasteiger partial charge in [0.15, 0.2) is 0 Å². The SMILES string of the molecule is COCCNC(=O)[C@@H](c1ccccc1C)N(CCc1ccccc1)C(=O)Cn1nnc2ccccc21. The highest BCUT2D eigenvalue weighted by molar-refractivity contribution is 5.89. The molecule has 8 heteroatoms. The van der Waals surface area contributed by atoms with Gasteiger partial charge in [0.1, 0.15) is 18.1 Å². The molecule has 0 saturated heterocycles. The summed E-state index contributed by atoms with van der Waals surface area (Å²) in [7, 11) is 1.59. The van der Waals surface area contributed by atoms with Gasteiger partial charge in [-0.05, 0) is 42.2 Å². The van der Waals surface area contributed by atoms with Crippen LogP contribution in [0, 0.1) is 6.92 Å². The third-order valence-corrected chi connectivity index (χ3v) is 6.16. The Labute approximate surface area is 210 Å². The van der Waals surface area contributed by atoms with E-state index in [2.05, 4.69) is 15.6 Å². The van der Waals surface area contributed by atoms with E-state index in [-0.39, 0.29) is 18.4 Å². The second-order valence-electron chi connectivity index (χ2n) is 8.60. The van der Waals surface area contributed by atoms with Gasteiger partial charge >= 0.3 is 0 Å². The number of aryl methyl sites for hydroxylation is 1. The number of nitrogens with one attached hydrogen (secondary N) is 1. The van der Waals surface area contributed by atoms with E-state index in [4.69, 9.17) is 4.74 Å². The van der Waals surface area contributed by atoms with Crippen LogP contribution in [0.5, 0.6) is 0 Å². The largest absolute Gasteiger partial charge is 0.383 e. The highest BCUT2D eigenvalue weighted by Crippen LogP contribution is 2.26. The number of carbonyl (C=O) groups is 2. The monoisotopic (exact) mass is 485 g/mol. The third-order valence-electron chi connectivity index (χ3n) is 6.16. The first kappa shape index (κ1) is 25.1. The van der Waals surface area contributed by atoms with Crippen LogP contribution in [-0.2, 0) is 27.3 Å². The number of ether oxygens (including phenoxy) is 1. The maximum Gasteiger partial charge on any atom is 0.247 e. The molecule has 0 saturated carbocycles. The van der Waals surface area contributed by atoms with Crippen LogP contribution in [0.25, 0.3) is 11.0 Å². The van der Waals surface area contributed by atoms with Crippen LogP contribution in [0.2, 0.25) is 0 Å². The number of fused-ring (bicyclic) bond motifs is 1. The van der Waals surface area contributed by atoms with Crippen molar-refractivity contribution in [2.75, 3.05) is 26.8 Å². The molecule has 0 fully saturated rings. The topological polar surface area (TPSA) is 89.4 Å². The number of nitrogens with zero attached hydrogens (tertiary/aromatic N) is 4. The summed E-state index contributed by atoms with van der Waals surface area (Å²) in [4.78, 5) is 29.1. The Hall–Kier alpha value is -4.04. The molecule has 1 aromatic heterocycles. The van der Waals surface area contributed by atoms with Crippen molar-refractivity contribution in [1.29, 1.82) is 0 Å². The Morgan fingerprint density at radius 1 is 1.00 bits per heavy atom. The fourth-order valence-corrected chi connectivity index (χ4v) is 4.26. The van der Waals surface area contributed by atoms with Crippen molar-refractivity contribution in [1.82, 2.24) is 25.2 Å². The molecular formula is C28H31N5O3. The van der Waals surface area contributed by atoms with E-state index >= 15 is 0 Å². The number of hydrogen-bond donors (Lipinski definition) is 1. The molecule has 4 rings (SSSR count). The molecule has 8 nitrogen and oxygen atoms in total. The lowest BCUT2D eigenvalue weighted by Crippen LogP contribution is -2.46. The zero-order valence-electron chi connectivity index (χ0n) is 20.6. The average molecular weight is 486 g/mol. The van der Waals surface area contributed by atoms with Crippen LogP contribution in [0.4, 0.5) is 0 Å². The summed E-state index contributed by atoms with van der Waals surface area (Å²) in [5.74, 6) is -0.456. The predicted molar refractivity (Wildman–Crippen MR) is 138 cm³/mol. The van der Waals surface area contributed by atoms with Crippen molar-refractivity contribution in [2.45, 2.75) is 25.9 Å². The number of benzene rings is 3. The Morgan fingerprint density at radius 3 is 2.50 bits per heavy atom. The summed E-state index contributed by atoms with van der Waals surface area (Å²) in [5.41, 5.74) is 4.30. The van der Waals surface area contributed by atoms with Crippen LogP contribution < -0.4 is 5.32 Å². The summed E-state index contributed by atoms with van der Waals surface area (Å²) in [6, 6.07) is 24.3. The van der Waals surface area contributed by atoms with E-state index in [0.29, 0.717) is 31.6 Å². The summed E-state index contributed by atoms with van der Waals surface area (Å²) in [6.45, 7) is 3.03. The lowest BCUT2D eigenvalue weighted by atomic mass is 9.98. The number of aromatic nitrogens is 3. The van der Waals surface area contributed by atoms with Crippen LogP contribution in [-0.4, -0.2) is 58.5 Å². The molecule has 2 amide bonds. The van der Waals surface area contributed by atoms with Gasteiger partial charge in [-0.2, -0.15) is 0 Å². The van der Waals surface area contributed by atoms with Gasteiger partial charge in [-0.25, -0.2) is 4.68 Å². The number of carbonyl (C=O) groups excluding carboxylic acids is 2. The average Bonchev–Trinajstić information content (AvgIpc) is 3.30. The van der Waals surface area contributed by atoms with Crippen molar-refractivity contribution < 1.29 is 14.3 Å². The maximum atomic E-state index is 13.9. The maximum absolute atomic E-state index is 13.9. The fourth-order valence-electron chi connectivity index (χ4n) is 4.26. The smallest absolute Gasteiger partial charge is 0.247 e. The van der Waals surface area contributed by atoms with Gasteiger partial charge in [0.25, 0.3) is 0 Å². The van der Waals surface area contributed by atoms with Crippen LogP contribution in [0.3, 0.4) is 0 Å². The summed E-state index contributed by atoms with van der Waals surface area (Å²) >= 11 is 0. The van der Waals surface area contributed by atoms with E-state index in [1.807, 2.05) is 85.8 Å². The number of methoxy groups -OCH3 is 1. The van der Waals surface area contributed by atoms with E-state index in [1.54, 1.807) is 16.7 Å². The van der Waals surface area contributed by atoms with Crippen molar-refractivity contribution in [3.8, 4) is 0 Å². The minimum absolute atomic E-state index is 0.0248. The van der Waals surface area contributed by atoms with E-state index in [0.717, 1.165) is 22.2 Å². The molecule has 1 heterocycles. The Morgan fingerprint density at radius 2 is 1.72 bits per heavy atom. The first-order valence-corrected chi connectivity index (χ1v) is 12.0. The van der Waals surface area contributed by atoms with Gasteiger partial charge in [0.05, 0.1) is 12.1 Å². The molecule has 0 unspecified atom stereocenters. The Bertz CT molecular complexity index is 1300. The van der Waals surface area contributed by atoms with E-state index in [1.165, 1.54) is 0 Å². The second kappa shape index (κ2) is 12.1. The standard InChI is InChI=1S/C28H31N5O3/c1-21-10-6-7-13-23(21)27(28(35)29-17-19-36-2)32(18-16-22-11-4-3-5-12-22)26(34)20-33-25-15-9-8-14-24(25)30-31-33/h3-15,27H,16-20H2,1-2H3,(H,29,35)/t27-/m1/s1. The van der Waals surface area contributed by atoms with E-state index < -0.39 is 6.04 Å². The molecular weight excluding hydrogens is 454 g/mol. The van der Waals surface area contributed by atoms with Crippen molar-refractivity contribution in [3.05, 3.63) is 95.6 Å². The zero-order valence-corrected chi connectivity index (χ0v) is 20.6. The molecule has 0 aliphatic carbocycles. The molecule has 0 bridgehead atoms. The van der Waals surface area contributed by atoms with Crippen molar-refractivity contribution in [3.63, 3.8) is 0 Å². The number of hydrogen-bond acceptors (Lipinski definition) is 5. The molecule has 0 aliphatic heterocycles. The summed E-state index contributed by atoms with van der Waals surface area (Å²) < 4.78 is 6.70. The molecule has 1 N–H and O–H groups in total. The summed E-state index contributed by atoms with van der Waals surface area (Å²) in [5, 5.41) is 11.3. The fraction of sp³-hybridized carbons (Fsp3) is 0.286. The first-order valence-electron chi connectivity index (χ1n) is 12.0. The predicted octanol–water partition coefficient (Wildman–Crippen LogP) is 3.31. The van der Waals surface area contributed by atoms with Gasteiger partial charge in [-0.15, -0.1) is 5.10 Å². The Balaban J connectivity index is 1.69. The van der Waals surface area contributed by atoms with Gasteiger partial charge in [0.2, 0.25) is 11.8 Å². The molecule has 0 aliphatic rings. The number of amides is 2. The lowest BCUT2D eigenvalue weighted by molar-refractivity contribution is -0.141. The second-order valence-corrected chi connectivity index (χ2v) is 8.60. The summed E-state index contributed by atoms with van der Waals surface area (Å²) in [6.07, 6.45) is 0.610. The minimum atomic E-state index is -0.797. The molecule has 1 atom stereocenters. The number of rotatable bonds is 11. The zero-order chi connectivity index (χ0) is 25.3. The molecule has 0 radical (unpaired) electrons. The van der Waals surface area contributed by atoms with Crippen molar-refractivity contribution >= 4 is 22.8 Å². The lowest BCUT2D eigenvalue weighted by Gasteiger charge is -2.32. The normalized spacial score (nSPS) is 11.8. The number of para-hydroxylation sites is 1. The van der Waals surface area contributed by atoms with Crippen LogP contribution in [0.15, 0.2) is 78.9 Å². The van der Waals surface area contributed by atoms with Crippen LogP contribution >= 0.6 is 0 Å². The molecule has 36 heavy (non-hydrogen) atoms. The minimum Gasteiger partial charge on any atom is -0.383 e. The van der Waals surface area contributed by atoms with Crippen molar-refractivity contribution in [2.24, 2.45) is 0 Å². The Kier molecular flexibility index (Phi) is 8.41. The van der Waals surface area contributed by atoms with Gasteiger partial charge < -0.3 is 15.0 Å². The highest BCUT2D eigenvalue weighted by Gasteiger charge is 2.32. The van der Waals surface area contributed by atoms with Gasteiger partial charge in [-0.1, -0.05) is 71.9 Å². The van der Waals surface area contributed by atoms with Gasteiger partial charge in [0, 0.05) is 20.2 Å². The molecule has 3 aromatic carbocycles. The molecule has 186 valence electrons. The quantitative estimate of drug-likeness (QED) is 0.329. The first-order chi connectivity index (χ1) is 17.6. The molecule has 4 aromatic rings. The van der Waals surface area contributed by atoms with Gasteiger partial charge in [-0.3, -0.25) is 9.59 Å². The third kappa shape index (κ3) is 5.95. The highest BCUT2D eigenvalue weighted by atomic mass is 16.5. The molecule has 0 spiro atoms. The van der Waals surface area contributed by atoms with E-state index in [9.17, 15) is 9.59 Å².